The van der Waals surface area contributed by atoms with Gasteiger partial charge in [-0.15, -0.1) is 0 Å². The molecule has 0 saturated heterocycles. The number of aromatic nitrogens is 1. The number of aryl methyl sites for hydroxylation is 2. The van der Waals surface area contributed by atoms with Gasteiger partial charge in [0.05, 0.1) is 6.54 Å². The third-order valence-electron chi connectivity index (χ3n) is 6.27. The number of hydrogen-bond acceptors (Lipinski definition) is 1. The number of nitrogens with zero attached hydrogens (tertiary/aromatic N) is 2. The summed E-state index contributed by atoms with van der Waals surface area (Å²) in [5, 5.41) is 0. The molecule has 1 amide bonds. The number of unbranched alkanes of at least 4 members (excludes halogenated alkanes) is 1. The topological polar surface area (TPSA) is 25.2 Å². The number of hydrogen-bond donors (Lipinski definition) is 0. The fraction of sp³-hybridized carbons (Fsp3) is 0.258. The fourth-order valence-corrected chi connectivity index (χ4v) is 4.21. The van der Waals surface area contributed by atoms with Crippen molar-refractivity contribution in [3.63, 3.8) is 0 Å². The van der Waals surface area contributed by atoms with Crippen LogP contribution < -0.4 is 0 Å². The van der Waals surface area contributed by atoms with Crippen molar-refractivity contribution in [3.05, 3.63) is 131 Å². The van der Waals surface area contributed by atoms with Crippen molar-refractivity contribution in [2.45, 2.75) is 52.7 Å². The SMILES string of the molecule is CCCCc1ccc(C(=O)N(Cc2ccccc2)Cc2cccn2Cc2ccc(C)cc2)cc1. The van der Waals surface area contributed by atoms with E-state index < -0.39 is 0 Å². The molecule has 0 atom stereocenters. The van der Waals surface area contributed by atoms with Crippen molar-refractivity contribution in [2.24, 2.45) is 0 Å². The Balaban J connectivity index is 1.55. The Morgan fingerprint density at radius 1 is 0.765 bits per heavy atom. The van der Waals surface area contributed by atoms with Gasteiger partial charge < -0.3 is 9.47 Å². The molecule has 0 N–H and O–H groups in total. The normalized spacial score (nSPS) is 10.9. The zero-order valence-electron chi connectivity index (χ0n) is 20.3. The molecule has 34 heavy (non-hydrogen) atoms. The zero-order chi connectivity index (χ0) is 23.8. The second-order valence-electron chi connectivity index (χ2n) is 9.06. The summed E-state index contributed by atoms with van der Waals surface area (Å²) in [4.78, 5) is 15.6. The minimum absolute atomic E-state index is 0.0639. The third kappa shape index (κ3) is 6.26. The molecule has 3 nitrogen and oxygen atoms in total. The molecule has 1 heterocycles. The number of rotatable bonds is 10. The van der Waals surface area contributed by atoms with Gasteiger partial charge >= 0.3 is 0 Å². The number of amides is 1. The van der Waals surface area contributed by atoms with E-state index in [1.807, 2.05) is 35.2 Å². The summed E-state index contributed by atoms with van der Waals surface area (Å²) < 4.78 is 2.24. The van der Waals surface area contributed by atoms with Crippen LogP contribution in [0.2, 0.25) is 0 Å². The predicted octanol–water partition coefficient (Wildman–Crippen LogP) is 7.03. The first-order valence-corrected chi connectivity index (χ1v) is 12.2. The monoisotopic (exact) mass is 450 g/mol. The first-order valence-electron chi connectivity index (χ1n) is 12.2. The van der Waals surface area contributed by atoms with Gasteiger partial charge in [0, 0.05) is 30.5 Å². The Kier molecular flexibility index (Phi) is 7.98. The van der Waals surface area contributed by atoms with Crippen LogP contribution in [0.5, 0.6) is 0 Å². The van der Waals surface area contributed by atoms with Gasteiger partial charge in [0.1, 0.15) is 0 Å². The summed E-state index contributed by atoms with van der Waals surface area (Å²) in [7, 11) is 0. The largest absolute Gasteiger partial charge is 0.345 e. The average molecular weight is 451 g/mol. The molecule has 0 bridgehead atoms. The molecule has 174 valence electrons. The van der Waals surface area contributed by atoms with E-state index in [0.717, 1.165) is 29.8 Å². The minimum Gasteiger partial charge on any atom is -0.345 e. The van der Waals surface area contributed by atoms with Crippen LogP contribution in [-0.2, 0) is 26.1 Å². The summed E-state index contributed by atoms with van der Waals surface area (Å²) in [6, 6.07) is 31.2. The molecule has 0 aliphatic carbocycles. The van der Waals surface area contributed by atoms with E-state index >= 15 is 0 Å². The smallest absolute Gasteiger partial charge is 0.254 e. The molecule has 4 rings (SSSR count). The first-order chi connectivity index (χ1) is 16.6. The summed E-state index contributed by atoms with van der Waals surface area (Å²) in [5.41, 5.74) is 6.81. The quantitative estimate of drug-likeness (QED) is 0.255. The third-order valence-corrected chi connectivity index (χ3v) is 6.27. The molecule has 3 aromatic carbocycles. The highest BCUT2D eigenvalue weighted by atomic mass is 16.2. The molecule has 0 fully saturated rings. The second kappa shape index (κ2) is 11.5. The molecule has 0 radical (unpaired) electrons. The highest BCUT2D eigenvalue weighted by Gasteiger charge is 2.18. The second-order valence-corrected chi connectivity index (χ2v) is 9.06. The van der Waals surface area contributed by atoms with Crippen LogP contribution in [0.4, 0.5) is 0 Å². The molecule has 0 saturated carbocycles. The van der Waals surface area contributed by atoms with E-state index in [2.05, 4.69) is 85.3 Å². The maximum Gasteiger partial charge on any atom is 0.254 e. The molecule has 0 spiro atoms. The lowest BCUT2D eigenvalue weighted by molar-refractivity contribution is 0.0726. The van der Waals surface area contributed by atoms with E-state index in [-0.39, 0.29) is 5.91 Å². The average Bonchev–Trinajstić information content (AvgIpc) is 3.30. The molecule has 0 aliphatic rings. The summed E-state index contributed by atoms with van der Waals surface area (Å²) in [6.07, 6.45) is 5.51. The standard InChI is InChI=1S/C31H34N2O/c1-3-4-9-26-17-19-29(20-18-26)31(34)33(23-27-10-6-5-7-11-27)24-30-12-8-21-32(30)22-28-15-13-25(2)14-16-28/h5-8,10-21H,3-4,9,22-24H2,1-2H3. The van der Waals surface area contributed by atoms with Crippen LogP contribution in [0.25, 0.3) is 0 Å². The van der Waals surface area contributed by atoms with Gasteiger partial charge in [-0.2, -0.15) is 0 Å². The van der Waals surface area contributed by atoms with Crippen LogP contribution in [-0.4, -0.2) is 15.4 Å². The van der Waals surface area contributed by atoms with Crippen LogP contribution in [0.1, 0.15) is 58.1 Å². The molecular formula is C31H34N2O. The van der Waals surface area contributed by atoms with Gasteiger partial charge in [-0.25, -0.2) is 0 Å². The van der Waals surface area contributed by atoms with Gasteiger partial charge in [0.2, 0.25) is 0 Å². The van der Waals surface area contributed by atoms with Crippen molar-refractivity contribution in [1.82, 2.24) is 9.47 Å². The van der Waals surface area contributed by atoms with Crippen molar-refractivity contribution in [2.75, 3.05) is 0 Å². The highest BCUT2D eigenvalue weighted by molar-refractivity contribution is 5.94. The van der Waals surface area contributed by atoms with Crippen molar-refractivity contribution >= 4 is 5.91 Å². The molecule has 0 aliphatic heterocycles. The zero-order valence-corrected chi connectivity index (χ0v) is 20.3. The Bertz CT molecular complexity index is 1170. The molecular weight excluding hydrogens is 416 g/mol. The van der Waals surface area contributed by atoms with E-state index in [1.54, 1.807) is 0 Å². The molecule has 4 aromatic rings. The maximum atomic E-state index is 13.6. The summed E-state index contributed by atoms with van der Waals surface area (Å²) in [5.74, 6) is 0.0639. The van der Waals surface area contributed by atoms with Crippen molar-refractivity contribution in [3.8, 4) is 0 Å². The number of carbonyl (C=O) groups is 1. The van der Waals surface area contributed by atoms with Gasteiger partial charge in [-0.05, 0) is 60.7 Å². The molecule has 0 unspecified atom stereocenters. The summed E-state index contributed by atoms with van der Waals surface area (Å²) >= 11 is 0. The number of carbonyl (C=O) groups excluding carboxylic acids is 1. The Labute approximate surface area is 203 Å². The lowest BCUT2D eigenvalue weighted by Gasteiger charge is -2.24. The predicted molar refractivity (Wildman–Crippen MR) is 140 cm³/mol. The lowest BCUT2D eigenvalue weighted by atomic mass is 10.1. The highest BCUT2D eigenvalue weighted by Crippen LogP contribution is 2.17. The van der Waals surface area contributed by atoms with Crippen LogP contribution in [0.15, 0.2) is 97.2 Å². The van der Waals surface area contributed by atoms with Gasteiger partial charge in [0.15, 0.2) is 0 Å². The number of benzene rings is 3. The first kappa shape index (κ1) is 23.6. The van der Waals surface area contributed by atoms with E-state index in [9.17, 15) is 4.79 Å². The Morgan fingerprint density at radius 2 is 1.47 bits per heavy atom. The van der Waals surface area contributed by atoms with Crippen LogP contribution in [0.3, 0.4) is 0 Å². The fourth-order valence-electron chi connectivity index (χ4n) is 4.21. The van der Waals surface area contributed by atoms with E-state index in [0.29, 0.717) is 13.1 Å². The Hall–Kier alpha value is -3.59. The summed E-state index contributed by atoms with van der Waals surface area (Å²) in [6.45, 7) is 6.24. The van der Waals surface area contributed by atoms with Crippen molar-refractivity contribution < 1.29 is 4.79 Å². The van der Waals surface area contributed by atoms with Gasteiger partial charge in [-0.1, -0.05) is 85.6 Å². The maximum absolute atomic E-state index is 13.6. The van der Waals surface area contributed by atoms with E-state index in [4.69, 9.17) is 0 Å². The Morgan fingerprint density at radius 3 is 2.18 bits per heavy atom. The lowest BCUT2D eigenvalue weighted by Crippen LogP contribution is -2.31. The van der Waals surface area contributed by atoms with Gasteiger partial charge in [0.25, 0.3) is 5.91 Å². The molecule has 3 heteroatoms. The molecule has 1 aromatic heterocycles. The van der Waals surface area contributed by atoms with Crippen LogP contribution in [0, 0.1) is 6.92 Å². The van der Waals surface area contributed by atoms with E-state index in [1.165, 1.54) is 29.5 Å². The van der Waals surface area contributed by atoms with Crippen molar-refractivity contribution in [1.29, 1.82) is 0 Å². The minimum atomic E-state index is 0.0639. The van der Waals surface area contributed by atoms with Gasteiger partial charge in [-0.3, -0.25) is 4.79 Å². The van der Waals surface area contributed by atoms with Crippen LogP contribution >= 0.6 is 0 Å².